The standard InChI is InChI=1S/C24H27N7O/c1-16-10-26-23-21(22(16)30-9-5-8-19(25)15-30)20(12-27-23)29-24(32)18-11-28-31(14-18)13-17-6-3-2-4-7-17/h2-4,6-7,10-12,14,19H,5,8-9,13,15,25H2,1H3,(H,26,27)(H,29,32)/t19-/m1/s1. The minimum Gasteiger partial charge on any atom is -0.369 e. The number of carbonyl (C=O) groups excluding carboxylic acids is 1. The summed E-state index contributed by atoms with van der Waals surface area (Å²) >= 11 is 0. The number of hydrogen-bond donors (Lipinski definition) is 3. The van der Waals surface area contributed by atoms with Gasteiger partial charge in [-0.05, 0) is 30.9 Å². The van der Waals surface area contributed by atoms with Crippen LogP contribution in [0.5, 0.6) is 0 Å². The number of aromatic nitrogens is 4. The number of benzene rings is 1. The number of amides is 1. The van der Waals surface area contributed by atoms with E-state index in [2.05, 4.69) is 25.3 Å². The van der Waals surface area contributed by atoms with Gasteiger partial charge < -0.3 is 20.9 Å². The molecule has 0 aliphatic carbocycles. The van der Waals surface area contributed by atoms with Gasteiger partial charge in [0.2, 0.25) is 0 Å². The summed E-state index contributed by atoms with van der Waals surface area (Å²) in [6.07, 6.45) is 9.13. The molecule has 8 nitrogen and oxygen atoms in total. The number of aromatic amines is 1. The predicted octanol–water partition coefficient (Wildman–Crippen LogP) is 3.30. The number of nitrogens with one attached hydrogen (secondary N) is 2. The van der Waals surface area contributed by atoms with Crippen molar-refractivity contribution >= 4 is 28.3 Å². The SMILES string of the molecule is Cc1cnc2[nH]cc(NC(=O)c3cnn(Cc4ccccc4)c3)c2c1N1CCC[C@@H](N)C1. The van der Waals surface area contributed by atoms with Gasteiger partial charge in [-0.1, -0.05) is 30.3 Å². The van der Waals surface area contributed by atoms with Gasteiger partial charge in [-0.3, -0.25) is 9.48 Å². The van der Waals surface area contributed by atoms with Gasteiger partial charge in [0, 0.05) is 37.7 Å². The third-order valence-corrected chi connectivity index (χ3v) is 5.96. The normalized spacial score (nSPS) is 16.4. The Bertz CT molecular complexity index is 1240. The quantitative estimate of drug-likeness (QED) is 0.451. The molecule has 1 aromatic carbocycles. The maximum absolute atomic E-state index is 13.0. The molecule has 0 radical (unpaired) electrons. The molecule has 1 fully saturated rings. The molecule has 1 aliphatic heterocycles. The van der Waals surface area contributed by atoms with Gasteiger partial charge in [-0.25, -0.2) is 4.98 Å². The van der Waals surface area contributed by atoms with Crippen molar-refractivity contribution in [1.29, 1.82) is 0 Å². The first-order chi connectivity index (χ1) is 15.6. The van der Waals surface area contributed by atoms with Crippen molar-refractivity contribution in [2.24, 2.45) is 5.73 Å². The van der Waals surface area contributed by atoms with E-state index < -0.39 is 0 Å². The Morgan fingerprint density at radius 2 is 2.12 bits per heavy atom. The fourth-order valence-electron chi connectivity index (χ4n) is 4.43. The van der Waals surface area contributed by atoms with Crippen LogP contribution in [0.25, 0.3) is 11.0 Å². The van der Waals surface area contributed by atoms with E-state index in [0.717, 1.165) is 53.8 Å². The van der Waals surface area contributed by atoms with Crippen LogP contribution in [0, 0.1) is 6.92 Å². The van der Waals surface area contributed by atoms with Crippen molar-refractivity contribution in [3.63, 3.8) is 0 Å². The molecule has 0 saturated carbocycles. The highest BCUT2D eigenvalue weighted by molar-refractivity contribution is 6.11. The summed E-state index contributed by atoms with van der Waals surface area (Å²) in [6, 6.07) is 10.2. The number of nitrogens with zero attached hydrogens (tertiary/aromatic N) is 4. The van der Waals surface area contributed by atoms with Crippen LogP contribution in [-0.4, -0.2) is 44.8 Å². The lowest BCUT2D eigenvalue weighted by Gasteiger charge is -2.34. The number of fused-ring (bicyclic) bond motifs is 1. The number of rotatable bonds is 5. The number of anilines is 2. The smallest absolute Gasteiger partial charge is 0.258 e. The van der Waals surface area contributed by atoms with Gasteiger partial charge >= 0.3 is 0 Å². The zero-order valence-electron chi connectivity index (χ0n) is 18.1. The predicted molar refractivity (Wildman–Crippen MR) is 126 cm³/mol. The third-order valence-electron chi connectivity index (χ3n) is 5.96. The molecule has 1 amide bonds. The van der Waals surface area contributed by atoms with Gasteiger partial charge in [-0.15, -0.1) is 0 Å². The van der Waals surface area contributed by atoms with Crippen LogP contribution < -0.4 is 16.0 Å². The fraction of sp³-hybridized carbons (Fsp3) is 0.292. The first-order valence-electron chi connectivity index (χ1n) is 10.9. The summed E-state index contributed by atoms with van der Waals surface area (Å²) in [5.74, 6) is -0.201. The summed E-state index contributed by atoms with van der Waals surface area (Å²) in [5.41, 5.74) is 11.5. The molecule has 8 heteroatoms. The first-order valence-corrected chi connectivity index (χ1v) is 10.9. The minimum absolute atomic E-state index is 0.152. The van der Waals surface area contributed by atoms with Crippen molar-refractivity contribution in [2.45, 2.75) is 32.4 Å². The van der Waals surface area contributed by atoms with Crippen molar-refractivity contribution in [1.82, 2.24) is 19.7 Å². The van der Waals surface area contributed by atoms with E-state index in [1.54, 1.807) is 23.3 Å². The maximum atomic E-state index is 13.0. The molecule has 5 rings (SSSR count). The Kier molecular flexibility index (Phi) is 5.36. The Balaban J connectivity index is 1.41. The number of hydrogen-bond acceptors (Lipinski definition) is 5. The Labute approximate surface area is 186 Å². The van der Waals surface area contributed by atoms with Crippen molar-refractivity contribution < 1.29 is 4.79 Å². The number of piperidine rings is 1. The molecular weight excluding hydrogens is 402 g/mol. The van der Waals surface area contributed by atoms with Gasteiger partial charge in [0.1, 0.15) is 5.65 Å². The highest BCUT2D eigenvalue weighted by Gasteiger charge is 2.23. The Morgan fingerprint density at radius 3 is 2.94 bits per heavy atom. The van der Waals surface area contributed by atoms with Crippen LogP contribution in [0.3, 0.4) is 0 Å². The van der Waals surface area contributed by atoms with Crippen molar-refractivity contribution in [2.75, 3.05) is 23.3 Å². The molecule has 164 valence electrons. The van der Waals surface area contributed by atoms with Crippen LogP contribution in [-0.2, 0) is 6.54 Å². The highest BCUT2D eigenvalue weighted by atomic mass is 16.1. The average molecular weight is 430 g/mol. The highest BCUT2D eigenvalue weighted by Crippen LogP contribution is 2.36. The minimum atomic E-state index is -0.201. The van der Waals surface area contributed by atoms with Crippen LogP contribution in [0.1, 0.15) is 34.3 Å². The molecule has 1 saturated heterocycles. The molecule has 1 aliphatic rings. The summed E-state index contributed by atoms with van der Waals surface area (Å²) < 4.78 is 1.77. The summed E-state index contributed by atoms with van der Waals surface area (Å²) in [7, 11) is 0. The van der Waals surface area contributed by atoms with E-state index in [-0.39, 0.29) is 11.9 Å². The van der Waals surface area contributed by atoms with E-state index >= 15 is 0 Å². The lowest BCUT2D eigenvalue weighted by molar-refractivity contribution is 0.102. The van der Waals surface area contributed by atoms with Crippen LogP contribution in [0.15, 0.2) is 55.1 Å². The van der Waals surface area contributed by atoms with Crippen LogP contribution >= 0.6 is 0 Å². The van der Waals surface area contributed by atoms with Gasteiger partial charge in [0.05, 0.1) is 35.1 Å². The summed E-state index contributed by atoms with van der Waals surface area (Å²) in [6.45, 7) is 4.40. The lowest BCUT2D eigenvalue weighted by Crippen LogP contribution is -2.43. The second kappa shape index (κ2) is 8.47. The molecule has 32 heavy (non-hydrogen) atoms. The molecule has 4 aromatic rings. The van der Waals surface area contributed by atoms with E-state index in [1.165, 1.54) is 0 Å². The molecule has 1 atom stereocenters. The van der Waals surface area contributed by atoms with E-state index in [1.807, 2.05) is 43.5 Å². The molecule has 4 N–H and O–H groups in total. The van der Waals surface area contributed by atoms with Crippen LogP contribution in [0.2, 0.25) is 0 Å². The topological polar surface area (TPSA) is 105 Å². The molecule has 0 unspecified atom stereocenters. The second-order valence-corrected chi connectivity index (χ2v) is 8.43. The van der Waals surface area contributed by atoms with Crippen LogP contribution in [0.4, 0.5) is 11.4 Å². The Hall–Kier alpha value is -3.65. The van der Waals surface area contributed by atoms with E-state index in [9.17, 15) is 4.79 Å². The van der Waals surface area contributed by atoms with Crippen molar-refractivity contribution in [3.8, 4) is 0 Å². The third kappa shape index (κ3) is 3.97. The first kappa shape index (κ1) is 20.3. The maximum Gasteiger partial charge on any atom is 0.258 e. The van der Waals surface area contributed by atoms with E-state index in [4.69, 9.17) is 5.73 Å². The van der Waals surface area contributed by atoms with Gasteiger partial charge in [-0.2, -0.15) is 5.10 Å². The van der Waals surface area contributed by atoms with Crippen molar-refractivity contribution in [3.05, 3.63) is 71.8 Å². The molecule has 4 heterocycles. The molecule has 0 bridgehead atoms. The lowest BCUT2D eigenvalue weighted by atomic mass is 10.0. The zero-order valence-corrected chi connectivity index (χ0v) is 18.1. The molecule has 3 aromatic heterocycles. The molecule has 0 spiro atoms. The largest absolute Gasteiger partial charge is 0.369 e. The fourth-order valence-corrected chi connectivity index (χ4v) is 4.43. The average Bonchev–Trinajstić information content (AvgIpc) is 3.42. The molecular formula is C24H27N7O. The summed E-state index contributed by atoms with van der Waals surface area (Å²) in [5, 5.41) is 8.33. The Morgan fingerprint density at radius 1 is 1.28 bits per heavy atom. The number of carbonyl (C=O) groups is 1. The number of nitrogens with two attached hydrogens (primary N) is 1. The second-order valence-electron chi connectivity index (χ2n) is 8.43. The van der Waals surface area contributed by atoms with Gasteiger partial charge in [0.25, 0.3) is 5.91 Å². The monoisotopic (exact) mass is 429 g/mol. The number of aryl methyl sites for hydroxylation is 1. The van der Waals surface area contributed by atoms with E-state index in [0.29, 0.717) is 17.8 Å². The van der Waals surface area contributed by atoms with Gasteiger partial charge in [0.15, 0.2) is 0 Å². The number of pyridine rings is 1. The number of H-pyrrole nitrogens is 1. The zero-order chi connectivity index (χ0) is 22.1. The summed E-state index contributed by atoms with van der Waals surface area (Å²) in [4.78, 5) is 23.0.